The first-order valence-electron chi connectivity index (χ1n) is 7.26. The largest absolute Gasteiger partial charge is 0.485 e. The number of rotatable bonds is 3. The van der Waals surface area contributed by atoms with Crippen LogP contribution in [0.5, 0.6) is 5.75 Å². The standard InChI is InChI=1S/C16H20FNO5/c1-8-5-13(15(20)21-8)22-14(19)9-6-12(23-16(2,3)4)10(17)7-11(9)18/h6-8,13H,5,18H2,1-4H3/t8-,13-/m1/s1. The van der Waals surface area contributed by atoms with E-state index in [1.54, 1.807) is 27.7 Å². The van der Waals surface area contributed by atoms with Crippen molar-refractivity contribution in [2.75, 3.05) is 5.73 Å². The van der Waals surface area contributed by atoms with Gasteiger partial charge in [0.25, 0.3) is 0 Å². The van der Waals surface area contributed by atoms with Crippen LogP contribution in [-0.2, 0) is 14.3 Å². The fourth-order valence-electron chi connectivity index (χ4n) is 2.16. The second-order valence-corrected chi connectivity index (χ2v) is 6.46. The first-order valence-corrected chi connectivity index (χ1v) is 7.26. The fourth-order valence-corrected chi connectivity index (χ4v) is 2.16. The van der Waals surface area contributed by atoms with Crippen molar-refractivity contribution < 1.29 is 28.2 Å². The number of anilines is 1. The fraction of sp³-hybridized carbons (Fsp3) is 0.500. The molecule has 2 rings (SSSR count). The lowest BCUT2D eigenvalue weighted by atomic mass is 10.1. The van der Waals surface area contributed by atoms with E-state index in [1.807, 2.05) is 0 Å². The van der Waals surface area contributed by atoms with Gasteiger partial charge in [-0.3, -0.25) is 0 Å². The third-order valence-electron chi connectivity index (χ3n) is 3.12. The first-order chi connectivity index (χ1) is 10.6. The molecule has 2 N–H and O–H groups in total. The molecule has 1 aromatic rings. The molecule has 0 spiro atoms. The molecule has 0 radical (unpaired) electrons. The smallest absolute Gasteiger partial charge is 0.347 e. The number of nitrogens with two attached hydrogens (primary N) is 1. The van der Waals surface area contributed by atoms with Crippen LogP contribution in [0.4, 0.5) is 10.1 Å². The van der Waals surface area contributed by atoms with Crippen molar-refractivity contribution in [3.63, 3.8) is 0 Å². The molecule has 0 unspecified atom stereocenters. The van der Waals surface area contributed by atoms with E-state index in [0.717, 1.165) is 6.07 Å². The first kappa shape index (κ1) is 17.1. The minimum Gasteiger partial charge on any atom is -0.485 e. The van der Waals surface area contributed by atoms with Crippen LogP contribution >= 0.6 is 0 Å². The molecule has 126 valence electrons. The molecule has 0 aliphatic carbocycles. The Balaban J connectivity index is 2.23. The number of ether oxygens (including phenoxy) is 3. The molecule has 1 heterocycles. The monoisotopic (exact) mass is 325 g/mol. The minimum atomic E-state index is -0.978. The summed E-state index contributed by atoms with van der Waals surface area (Å²) in [5, 5.41) is 0. The van der Waals surface area contributed by atoms with E-state index < -0.39 is 29.5 Å². The second-order valence-electron chi connectivity index (χ2n) is 6.46. The van der Waals surface area contributed by atoms with Crippen molar-refractivity contribution in [2.24, 2.45) is 0 Å². The lowest BCUT2D eigenvalue weighted by Gasteiger charge is -2.22. The number of hydrogen-bond donors (Lipinski definition) is 1. The van der Waals surface area contributed by atoms with Crippen LogP contribution in [0, 0.1) is 5.82 Å². The van der Waals surface area contributed by atoms with Crippen LogP contribution in [0.3, 0.4) is 0 Å². The average Bonchev–Trinajstić information content (AvgIpc) is 2.69. The molecule has 0 aromatic heterocycles. The van der Waals surface area contributed by atoms with Crippen LogP contribution in [-0.4, -0.2) is 29.7 Å². The van der Waals surface area contributed by atoms with Crippen molar-refractivity contribution in [3.05, 3.63) is 23.5 Å². The van der Waals surface area contributed by atoms with Crippen molar-refractivity contribution in [1.82, 2.24) is 0 Å². The van der Waals surface area contributed by atoms with Gasteiger partial charge in [0, 0.05) is 18.2 Å². The topological polar surface area (TPSA) is 87.9 Å². The van der Waals surface area contributed by atoms with Gasteiger partial charge in [-0.15, -0.1) is 0 Å². The Morgan fingerprint density at radius 3 is 2.57 bits per heavy atom. The summed E-state index contributed by atoms with van der Waals surface area (Å²) in [6.45, 7) is 6.94. The number of cyclic esters (lactones) is 1. The number of carbonyl (C=O) groups excluding carboxylic acids is 2. The summed E-state index contributed by atoms with van der Waals surface area (Å²) in [5.41, 5.74) is 4.88. The average molecular weight is 325 g/mol. The number of benzene rings is 1. The van der Waals surface area contributed by atoms with Gasteiger partial charge in [0.05, 0.1) is 5.56 Å². The molecule has 1 aliphatic rings. The molecular formula is C16H20FNO5. The molecule has 23 heavy (non-hydrogen) atoms. The van der Waals surface area contributed by atoms with Gasteiger partial charge in [-0.05, 0) is 33.8 Å². The van der Waals surface area contributed by atoms with Gasteiger partial charge < -0.3 is 19.9 Å². The molecule has 7 heteroatoms. The van der Waals surface area contributed by atoms with Crippen molar-refractivity contribution >= 4 is 17.6 Å². The minimum absolute atomic E-state index is 0.0574. The molecule has 1 aromatic carbocycles. The third kappa shape index (κ3) is 4.12. The van der Waals surface area contributed by atoms with E-state index in [-0.39, 0.29) is 29.5 Å². The zero-order chi connectivity index (χ0) is 17.4. The van der Waals surface area contributed by atoms with Gasteiger partial charge in [-0.25, -0.2) is 14.0 Å². The van der Waals surface area contributed by atoms with Crippen LogP contribution in [0.2, 0.25) is 0 Å². The Kier molecular flexibility index (Phi) is 4.49. The maximum absolute atomic E-state index is 13.9. The van der Waals surface area contributed by atoms with Crippen LogP contribution in [0.15, 0.2) is 12.1 Å². The van der Waals surface area contributed by atoms with E-state index in [2.05, 4.69) is 0 Å². The molecule has 0 saturated carbocycles. The second kappa shape index (κ2) is 6.06. The van der Waals surface area contributed by atoms with Gasteiger partial charge in [0.15, 0.2) is 11.6 Å². The highest BCUT2D eigenvalue weighted by molar-refractivity contribution is 5.97. The molecule has 1 saturated heterocycles. The molecule has 0 bridgehead atoms. The van der Waals surface area contributed by atoms with E-state index in [0.29, 0.717) is 0 Å². The zero-order valence-corrected chi connectivity index (χ0v) is 13.5. The van der Waals surface area contributed by atoms with Crippen LogP contribution in [0.25, 0.3) is 0 Å². The predicted molar refractivity (Wildman–Crippen MR) is 80.6 cm³/mol. The highest BCUT2D eigenvalue weighted by Crippen LogP contribution is 2.29. The number of carbonyl (C=O) groups is 2. The maximum atomic E-state index is 13.9. The zero-order valence-electron chi connectivity index (χ0n) is 13.5. The van der Waals surface area contributed by atoms with Gasteiger partial charge in [0.2, 0.25) is 6.10 Å². The Labute approximate surface area is 133 Å². The number of esters is 2. The van der Waals surface area contributed by atoms with E-state index in [1.165, 1.54) is 6.07 Å². The summed E-state index contributed by atoms with van der Waals surface area (Å²) in [6, 6.07) is 2.18. The number of hydrogen-bond acceptors (Lipinski definition) is 6. The lowest BCUT2D eigenvalue weighted by Crippen LogP contribution is -2.25. The van der Waals surface area contributed by atoms with Gasteiger partial charge >= 0.3 is 11.9 Å². The van der Waals surface area contributed by atoms with Crippen LogP contribution < -0.4 is 10.5 Å². The van der Waals surface area contributed by atoms with Crippen molar-refractivity contribution in [3.8, 4) is 5.75 Å². The Hall–Kier alpha value is -2.31. The predicted octanol–water partition coefficient (Wildman–Crippen LogP) is 2.45. The van der Waals surface area contributed by atoms with Gasteiger partial charge in [0.1, 0.15) is 11.7 Å². The molecule has 2 atom stereocenters. The van der Waals surface area contributed by atoms with Gasteiger partial charge in [-0.2, -0.15) is 0 Å². The van der Waals surface area contributed by atoms with Gasteiger partial charge in [-0.1, -0.05) is 0 Å². The summed E-state index contributed by atoms with van der Waals surface area (Å²) in [4.78, 5) is 23.7. The highest BCUT2D eigenvalue weighted by atomic mass is 19.1. The number of nitrogen functional groups attached to an aromatic ring is 1. The summed E-state index contributed by atoms with van der Waals surface area (Å²) in [5.74, 6) is -2.21. The maximum Gasteiger partial charge on any atom is 0.347 e. The van der Waals surface area contributed by atoms with Crippen LogP contribution in [0.1, 0.15) is 44.5 Å². The molecule has 1 fully saturated rings. The SMILES string of the molecule is C[C@@H]1C[C@@H](OC(=O)c2cc(OC(C)(C)C)c(F)cc2N)C(=O)O1. The summed E-state index contributed by atoms with van der Waals surface area (Å²) in [6.07, 6.45) is -1.02. The molecule has 6 nitrogen and oxygen atoms in total. The molecule has 0 amide bonds. The Morgan fingerprint density at radius 2 is 2.04 bits per heavy atom. The summed E-state index contributed by atoms with van der Waals surface area (Å²) in [7, 11) is 0. The number of halogens is 1. The van der Waals surface area contributed by atoms with Crippen molar-refractivity contribution in [1.29, 1.82) is 0 Å². The normalized spacial score (nSPS) is 21.0. The third-order valence-corrected chi connectivity index (χ3v) is 3.12. The van der Waals surface area contributed by atoms with E-state index in [4.69, 9.17) is 19.9 Å². The van der Waals surface area contributed by atoms with E-state index >= 15 is 0 Å². The Morgan fingerprint density at radius 1 is 1.39 bits per heavy atom. The quantitative estimate of drug-likeness (QED) is 0.678. The Bertz CT molecular complexity index is 638. The molecule has 1 aliphatic heterocycles. The summed E-state index contributed by atoms with van der Waals surface area (Å²) >= 11 is 0. The molecular weight excluding hydrogens is 305 g/mol. The summed E-state index contributed by atoms with van der Waals surface area (Å²) < 4.78 is 29.4. The highest BCUT2D eigenvalue weighted by Gasteiger charge is 2.35. The van der Waals surface area contributed by atoms with E-state index in [9.17, 15) is 14.0 Å². The van der Waals surface area contributed by atoms with Crippen molar-refractivity contribution in [2.45, 2.75) is 51.9 Å². The lowest BCUT2D eigenvalue weighted by molar-refractivity contribution is -0.147.